The van der Waals surface area contributed by atoms with Crippen molar-refractivity contribution in [2.75, 3.05) is 7.11 Å². The van der Waals surface area contributed by atoms with E-state index in [1.165, 1.54) is 11.4 Å². The number of hydrogen-bond acceptors (Lipinski definition) is 6. The van der Waals surface area contributed by atoms with Crippen LogP contribution < -0.4 is 0 Å². The number of methoxy groups -OCH3 is 1. The number of carbonyl (C=O) groups is 1. The Bertz CT molecular complexity index is 827. The zero-order valence-corrected chi connectivity index (χ0v) is 15.1. The summed E-state index contributed by atoms with van der Waals surface area (Å²) in [5.41, 5.74) is 1.61. The van der Waals surface area contributed by atoms with Crippen molar-refractivity contribution >= 4 is 27.3 Å². The molecular formula is C15H19N3O4S2. The van der Waals surface area contributed by atoms with Crippen LogP contribution in [0.25, 0.3) is 0 Å². The summed E-state index contributed by atoms with van der Waals surface area (Å²) in [5, 5.41) is 1.71. The molecule has 0 aliphatic carbocycles. The zero-order valence-electron chi connectivity index (χ0n) is 13.5. The SMILES string of the molecule is CCCn1cnc2c1CN(S(=O)(=O)c1cccs1)[C@H](C(=O)OC)C2. The van der Waals surface area contributed by atoms with Crippen molar-refractivity contribution in [3.63, 3.8) is 0 Å². The predicted octanol–water partition coefficient (Wildman–Crippen LogP) is 1.64. The van der Waals surface area contributed by atoms with Gasteiger partial charge >= 0.3 is 5.97 Å². The molecule has 3 heterocycles. The third-order valence-electron chi connectivity index (χ3n) is 4.07. The molecule has 0 aromatic carbocycles. The highest BCUT2D eigenvalue weighted by Crippen LogP contribution is 2.31. The summed E-state index contributed by atoms with van der Waals surface area (Å²) < 4.78 is 34.2. The summed E-state index contributed by atoms with van der Waals surface area (Å²) in [6.45, 7) is 2.93. The normalized spacial score (nSPS) is 18.3. The van der Waals surface area contributed by atoms with Crippen LogP contribution >= 0.6 is 11.3 Å². The maximum Gasteiger partial charge on any atom is 0.324 e. The van der Waals surface area contributed by atoms with Crippen LogP contribution in [0.15, 0.2) is 28.0 Å². The molecule has 7 nitrogen and oxygen atoms in total. The fourth-order valence-corrected chi connectivity index (χ4v) is 5.55. The summed E-state index contributed by atoms with van der Waals surface area (Å²) in [5.74, 6) is -0.564. The van der Waals surface area contributed by atoms with Gasteiger partial charge in [0.25, 0.3) is 10.0 Å². The van der Waals surface area contributed by atoms with Crippen molar-refractivity contribution in [2.24, 2.45) is 0 Å². The first-order valence-electron chi connectivity index (χ1n) is 7.65. The summed E-state index contributed by atoms with van der Waals surface area (Å²) >= 11 is 1.14. The van der Waals surface area contributed by atoms with Crippen LogP contribution in [-0.2, 0) is 39.1 Å². The minimum atomic E-state index is -3.77. The number of nitrogens with zero attached hydrogens (tertiary/aromatic N) is 3. The molecule has 0 saturated carbocycles. The fourth-order valence-electron chi connectivity index (χ4n) is 2.89. The molecule has 0 unspecified atom stereocenters. The number of hydrogen-bond donors (Lipinski definition) is 0. The molecule has 0 amide bonds. The Kier molecular flexibility index (Phi) is 4.75. The number of aromatic nitrogens is 2. The predicted molar refractivity (Wildman–Crippen MR) is 89.1 cm³/mol. The molecule has 3 rings (SSSR count). The Hall–Kier alpha value is -1.71. The highest BCUT2D eigenvalue weighted by molar-refractivity contribution is 7.91. The second kappa shape index (κ2) is 6.66. The number of esters is 1. The van der Waals surface area contributed by atoms with E-state index in [0.717, 1.165) is 35.7 Å². The van der Waals surface area contributed by atoms with Crippen molar-refractivity contribution < 1.29 is 17.9 Å². The van der Waals surface area contributed by atoms with E-state index in [1.54, 1.807) is 23.8 Å². The lowest BCUT2D eigenvalue weighted by Crippen LogP contribution is -2.49. The molecule has 1 aliphatic heterocycles. The van der Waals surface area contributed by atoms with Crippen LogP contribution in [0, 0.1) is 0 Å². The second-order valence-corrected chi connectivity index (χ2v) is 8.62. The molecular weight excluding hydrogens is 350 g/mol. The van der Waals surface area contributed by atoms with Gasteiger partial charge in [-0.15, -0.1) is 11.3 Å². The molecule has 2 aromatic heterocycles. The van der Waals surface area contributed by atoms with Gasteiger partial charge in [-0.2, -0.15) is 4.31 Å². The molecule has 130 valence electrons. The van der Waals surface area contributed by atoms with E-state index in [2.05, 4.69) is 4.98 Å². The van der Waals surface area contributed by atoms with Gasteiger partial charge in [0.05, 0.1) is 31.4 Å². The lowest BCUT2D eigenvalue weighted by molar-refractivity contribution is -0.145. The Morgan fingerprint density at radius 3 is 2.92 bits per heavy atom. The van der Waals surface area contributed by atoms with Gasteiger partial charge in [0, 0.05) is 13.0 Å². The number of imidazole rings is 1. The highest BCUT2D eigenvalue weighted by Gasteiger charge is 2.42. The van der Waals surface area contributed by atoms with Crippen molar-refractivity contribution in [1.82, 2.24) is 13.9 Å². The number of sulfonamides is 1. The smallest absolute Gasteiger partial charge is 0.324 e. The average molecular weight is 369 g/mol. The van der Waals surface area contributed by atoms with Gasteiger partial charge in [-0.05, 0) is 17.9 Å². The molecule has 24 heavy (non-hydrogen) atoms. The Morgan fingerprint density at radius 2 is 2.29 bits per heavy atom. The summed E-state index contributed by atoms with van der Waals surface area (Å²) in [6, 6.07) is 2.34. The molecule has 9 heteroatoms. The molecule has 0 radical (unpaired) electrons. The lowest BCUT2D eigenvalue weighted by Gasteiger charge is -2.32. The molecule has 0 fully saturated rings. The van der Waals surface area contributed by atoms with E-state index in [0.29, 0.717) is 0 Å². The highest BCUT2D eigenvalue weighted by atomic mass is 32.2. The molecule has 1 atom stereocenters. The molecule has 0 bridgehead atoms. The molecule has 2 aromatic rings. The van der Waals surface area contributed by atoms with Crippen LogP contribution in [0.5, 0.6) is 0 Å². The summed E-state index contributed by atoms with van der Waals surface area (Å²) in [7, 11) is -2.50. The van der Waals surface area contributed by atoms with Gasteiger partial charge in [-0.25, -0.2) is 13.4 Å². The van der Waals surface area contributed by atoms with Crippen LogP contribution in [0.1, 0.15) is 24.7 Å². The quantitative estimate of drug-likeness (QED) is 0.749. The first-order valence-corrected chi connectivity index (χ1v) is 9.97. The molecule has 0 N–H and O–H groups in total. The zero-order chi connectivity index (χ0) is 17.3. The maximum absolute atomic E-state index is 13.0. The van der Waals surface area contributed by atoms with Crippen molar-refractivity contribution in [1.29, 1.82) is 0 Å². The van der Waals surface area contributed by atoms with E-state index in [4.69, 9.17) is 4.74 Å². The maximum atomic E-state index is 13.0. The first kappa shape index (κ1) is 17.1. The van der Waals surface area contributed by atoms with Gasteiger partial charge in [0.1, 0.15) is 10.3 Å². The minimum absolute atomic E-state index is 0.120. The van der Waals surface area contributed by atoms with Crippen molar-refractivity contribution in [2.45, 2.75) is 43.1 Å². The standard InChI is InChI=1S/C15H19N3O4S2/c1-3-6-17-10-16-11-8-12(15(19)22-2)18(9-13(11)17)24(20,21)14-5-4-7-23-14/h4-5,7,10,12H,3,6,8-9H2,1-2H3/t12-/m0/s1. The van der Waals surface area contributed by atoms with Crippen LogP contribution in [0.2, 0.25) is 0 Å². The number of fused-ring (bicyclic) bond motifs is 1. The van der Waals surface area contributed by atoms with Gasteiger partial charge < -0.3 is 9.30 Å². The van der Waals surface area contributed by atoms with Gasteiger partial charge in [-0.3, -0.25) is 4.79 Å². The van der Waals surface area contributed by atoms with E-state index >= 15 is 0 Å². The Morgan fingerprint density at radius 1 is 1.50 bits per heavy atom. The Labute approximate surface area is 144 Å². The van der Waals surface area contributed by atoms with Gasteiger partial charge in [0.15, 0.2) is 0 Å². The van der Waals surface area contributed by atoms with E-state index in [1.807, 2.05) is 11.5 Å². The molecule has 0 spiro atoms. The summed E-state index contributed by atoms with van der Waals surface area (Å²) in [4.78, 5) is 16.5. The van der Waals surface area contributed by atoms with Gasteiger partial charge in [0.2, 0.25) is 0 Å². The molecule has 0 saturated heterocycles. The second-order valence-electron chi connectivity index (χ2n) is 5.56. The fraction of sp³-hybridized carbons (Fsp3) is 0.467. The third kappa shape index (κ3) is 2.87. The number of rotatable bonds is 5. The number of ether oxygens (including phenoxy) is 1. The topological polar surface area (TPSA) is 81.5 Å². The number of aryl methyl sites for hydroxylation is 1. The van der Waals surface area contributed by atoms with Crippen molar-refractivity contribution in [3.8, 4) is 0 Å². The number of thiophene rings is 1. The minimum Gasteiger partial charge on any atom is -0.468 e. The molecule has 1 aliphatic rings. The monoisotopic (exact) mass is 369 g/mol. The Balaban J connectivity index is 2.04. The van der Waals surface area contributed by atoms with Gasteiger partial charge in [-0.1, -0.05) is 13.0 Å². The third-order valence-corrected chi connectivity index (χ3v) is 7.30. The first-order chi connectivity index (χ1) is 11.5. The lowest BCUT2D eigenvalue weighted by atomic mass is 10.1. The van der Waals surface area contributed by atoms with Crippen LogP contribution in [-0.4, -0.2) is 41.4 Å². The van der Waals surface area contributed by atoms with Crippen LogP contribution in [0.3, 0.4) is 0 Å². The van der Waals surface area contributed by atoms with E-state index in [9.17, 15) is 13.2 Å². The number of carbonyl (C=O) groups excluding carboxylic acids is 1. The van der Waals surface area contributed by atoms with E-state index in [-0.39, 0.29) is 17.2 Å². The van der Waals surface area contributed by atoms with E-state index < -0.39 is 22.0 Å². The average Bonchev–Trinajstić information content (AvgIpc) is 3.23. The van der Waals surface area contributed by atoms with Crippen LogP contribution in [0.4, 0.5) is 0 Å². The largest absolute Gasteiger partial charge is 0.468 e. The van der Waals surface area contributed by atoms with Crippen molar-refractivity contribution in [3.05, 3.63) is 35.2 Å². The summed E-state index contributed by atoms with van der Waals surface area (Å²) in [6.07, 6.45) is 2.86.